The molecule has 0 bridgehead atoms. The minimum Gasteiger partial charge on any atom is -0.569 e. The van der Waals surface area contributed by atoms with Crippen molar-refractivity contribution in [1.29, 1.82) is 0 Å². The van der Waals surface area contributed by atoms with Gasteiger partial charge in [0.15, 0.2) is 0 Å². The Labute approximate surface area is 199 Å². The van der Waals surface area contributed by atoms with E-state index in [0.717, 1.165) is 22.4 Å². The second-order valence-corrected chi connectivity index (χ2v) is 8.28. The van der Waals surface area contributed by atoms with Crippen LogP contribution in [0.1, 0.15) is 44.4 Å². The highest BCUT2D eigenvalue weighted by Crippen LogP contribution is 2.21. The Balaban J connectivity index is 1.90. The van der Waals surface area contributed by atoms with Crippen molar-refractivity contribution in [3.8, 4) is 5.75 Å². The van der Waals surface area contributed by atoms with Gasteiger partial charge in [-0.25, -0.2) is 9.68 Å². The highest BCUT2D eigenvalue weighted by Gasteiger charge is 2.34. The van der Waals surface area contributed by atoms with Gasteiger partial charge in [-0.1, -0.05) is 18.2 Å². The third kappa shape index (κ3) is 7.95. The first-order valence-corrected chi connectivity index (χ1v) is 11.0. The van der Waals surface area contributed by atoms with E-state index in [1.165, 1.54) is 18.9 Å². The van der Waals surface area contributed by atoms with Gasteiger partial charge < -0.3 is 15.3 Å². The van der Waals surface area contributed by atoms with E-state index >= 15 is 0 Å². The van der Waals surface area contributed by atoms with Gasteiger partial charge in [0, 0.05) is 5.69 Å². The molecule has 10 heteroatoms. The molecule has 2 aromatic carbocycles. The Kier molecular flexibility index (Phi) is 9.23. The van der Waals surface area contributed by atoms with Crippen LogP contribution >= 0.6 is 0 Å². The number of rotatable bonds is 11. The van der Waals surface area contributed by atoms with Gasteiger partial charge in [0.1, 0.15) is 5.75 Å². The van der Waals surface area contributed by atoms with Gasteiger partial charge in [-0.2, -0.15) is 0 Å². The Morgan fingerprint density at radius 2 is 1.65 bits per heavy atom. The highest BCUT2D eigenvalue weighted by molar-refractivity contribution is 5.92. The highest BCUT2D eigenvalue weighted by atomic mass is 17.3. The van der Waals surface area contributed by atoms with Crippen molar-refractivity contribution >= 4 is 17.6 Å². The predicted octanol–water partition coefficient (Wildman–Crippen LogP) is 4.25. The number of benzene rings is 2. The fraction of sp³-hybridized carbons (Fsp3) is 0.417. The van der Waals surface area contributed by atoms with E-state index in [0.29, 0.717) is 18.8 Å². The fourth-order valence-corrected chi connectivity index (χ4v) is 3.15. The quantitative estimate of drug-likeness (QED) is 0.225. The number of hydrazine groups is 1. The normalized spacial score (nSPS) is 11.5. The SMILES string of the molecule is CCN(CC)/[N+]([O-])=N/OOC(=O)C(C)(C)Oc1ccc(CC(=O)Nc2cc(C)cc(C)c2)cc1. The molecule has 0 atom stereocenters. The largest absolute Gasteiger partial charge is 0.569 e. The smallest absolute Gasteiger partial charge is 0.400 e. The molecule has 0 spiro atoms. The summed E-state index contributed by atoms with van der Waals surface area (Å²) >= 11 is 0. The molecule has 34 heavy (non-hydrogen) atoms. The standard InChI is InChI=1S/C24H32N4O6/c1-7-27(8-2)28(31)26-34-33-23(30)24(5,6)32-21-11-9-19(10-12-21)16-22(29)25-20-14-17(3)13-18(4)15-20/h9-15H,7-8,16H2,1-6H3,(H,25,29)/b28-26-. The Hall–Kier alpha value is -3.82. The van der Waals surface area contributed by atoms with Gasteiger partial charge >= 0.3 is 5.97 Å². The molecule has 0 aromatic heterocycles. The van der Waals surface area contributed by atoms with Crippen LogP contribution in [0.3, 0.4) is 0 Å². The zero-order chi connectivity index (χ0) is 25.3. The van der Waals surface area contributed by atoms with Crippen LogP contribution in [-0.2, 0) is 25.9 Å². The monoisotopic (exact) mass is 472 g/mol. The van der Waals surface area contributed by atoms with Crippen molar-refractivity contribution in [3.05, 3.63) is 64.4 Å². The summed E-state index contributed by atoms with van der Waals surface area (Å²) in [6, 6.07) is 12.7. The maximum absolute atomic E-state index is 12.4. The van der Waals surface area contributed by atoms with Crippen molar-refractivity contribution in [1.82, 2.24) is 5.01 Å². The van der Waals surface area contributed by atoms with E-state index in [4.69, 9.17) is 4.74 Å². The van der Waals surface area contributed by atoms with E-state index in [9.17, 15) is 14.8 Å². The number of nitrogens with zero attached hydrogens (tertiary/aromatic N) is 3. The summed E-state index contributed by atoms with van der Waals surface area (Å²) in [6.45, 7) is 11.3. The number of hydrogen-bond acceptors (Lipinski definition) is 7. The fourth-order valence-electron chi connectivity index (χ4n) is 3.15. The Morgan fingerprint density at radius 1 is 1.06 bits per heavy atom. The molecular formula is C24H32N4O6. The first-order chi connectivity index (χ1) is 16.0. The van der Waals surface area contributed by atoms with Crippen molar-refractivity contribution < 1.29 is 29.2 Å². The molecule has 0 radical (unpaired) electrons. The summed E-state index contributed by atoms with van der Waals surface area (Å²) in [4.78, 5) is 33.9. The summed E-state index contributed by atoms with van der Waals surface area (Å²) in [6.07, 6.45) is 0.187. The second-order valence-electron chi connectivity index (χ2n) is 8.28. The van der Waals surface area contributed by atoms with Gasteiger partial charge in [0.2, 0.25) is 11.5 Å². The predicted molar refractivity (Wildman–Crippen MR) is 126 cm³/mol. The lowest BCUT2D eigenvalue weighted by atomic mass is 10.1. The zero-order valence-electron chi connectivity index (χ0n) is 20.5. The Bertz CT molecular complexity index is 996. The average molecular weight is 473 g/mol. The Morgan fingerprint density at radius 3 is 2.21 bits per heavy atom. The molecule has 0 aliphatic rings. The van der Waals surface area contributed by atoms with E-state index < -0.39 is 11.6 Å². The van der Waals surface area contributed by atoms with Crippen LogP contribution in [0.2, 0.25) is 0 Å². The maximum atomic E-state index is 12.4. The van der Waals surface area contributed by atoms with Crippen LogP contribution in [0.4, 0.5) is 5.69 Å². The molecule has 184 valence electrons. The number of anilines is 1. The molecule has 10 nitrogen and oxygen atoms in total. The molecule has 0 fully saturated rings. The first kappa shape index (κ1) is 26.4. The summed E-state index contributed by atoms with van der Waals surface area (Å²) < 4.78 is 5.69. The molecule has 0 saturated carbocycles. The lowest BCUT2D eigenvalue weighted by Gasteiger charge is -2.22. The molecule has 0 aliphatic heterocycles. The topological polar surface area (TPSA) is 116 Å². The lowest BCUT2D eigenvalue weighted by Crippen LogP contribution is -2.39. The average Bonchev–Trinajstić information content (AvgIpc) is 2.75. The molecule has 0 unspecified atom stereocenters. The molecule has 2 rings (SSSR count). The molecule has 0 saturated heterocycles. The number of carbonyl (C=O) groups excluding carboxylic acids is 2. The number of nitrogens with one attached hydrogen (secondary N) is 1. The first-order valence-electron chi connectivity index (χ1n) is 11.0. The summed E-state index contributed by atoms with van der Waals surface area (Å²) in [5.41, 5.74) is 2.27. The minimum absolute atomic E-state index is 0.138. The summed E-state index contributed by atoms with van der Waals surface area (Å²) in [7, 11) is 0. The lowest BCUT2D eigenvalue weighted by molar-refractivity contribution is -0.720. The van der Waals surface area contributed by atoms with Crippen molar-refractivity contribution in [2.24, 2.45) is 5.28 Å². The van der Waals surface area contributed by atoms with Crippen molar-refractivity contribution in [2.45, 2.75) is 53.6 Å². The summed E-state index contributed by atoms with van der Waals surface area (Å²) in [5, 5.41) is 19.1. The number of ether oxygens (including phenoxy) is 1. The van der Waals surface area contributed by atoms with Gasteiger partial charge in [-0.05, 0) is 82.5 Å². The molecule has 0 aliphatic carbocycles. The maximum Gasteiger partial charge on any atom is 0.400 e. The van der Waals surface area contributed by atoms with E-state index in [1.54, 1.807) is 38.1 Å². The van der Waals surface area contributed by atoms with Crippen molar-refractivity contribution in [2.75, 3.05) is 18.4 Å². The van der Waals surface area contributed by atoms with Crippen LogP contribution in [0.15, 0.2) is 47.7 Å². The molecule has 1 N–H and O–H groups in total. The van der Waals surface area contributed by atoms with Gasteiger partial charge in [-0.15, -0.1) is 10.00 Å². The van der Waals surface area contributed by atoms with Crippen LogP contribution < -0.4 is 10.1 Å². The third-order valence-corrected chi connectivity index (χ3v) is 4.85. The van der Waals surface area contributed by atoms with Gasteiger partial charge in [0.05, 0.1) is 24.5 Å². The number of carbonyl (C=O) groups is 2. The van der Waals surface area contributed by atoms with E-state index in [-0.39, 0.29) is 17.3 Å². The molecular weight excluding hydrogens is 440 g/mol. The van der Waals surface area contributed by atoms with Crippen molar-refractivity contribution in [3.63, 3.8) is 0 Å². The van der Waals surface area contributed by atoms with Gasteiger partial charge in [0.25, 0.3) is 5.28 Å². The van der Waals surface area contributed by atoms with Crippen LogP contribution in [0.25, 0.3) is 0 Å². The molecule has 1 amide bonds. The zero-order valence-corrected chi connectivity index (χ0v) is 20.5. The number of hydrogen-bond donors (Lipinski definition) is 1. The van der Waals surface area contributed by atoms with Gasteiger partial charge in [-0.3, -0.25) is 4.79 Å². The van der Waals surface area contributed by atoms with E-state index in [1.807, 2.05) is 32.0 Å². The van der Waals surface area contributed by atoms with Crippen LogP contribution in [0, 0.1) is 19.1 Å². The molecule has 2 aromatic rings. The third-order valence-electron chi connectivity index (χ3n) is 4.85. The van der Waals surface area contributed by atoms with E-state index in [2.05, 4.69) is 20.5 Å². The van der Waals surface area contributed by atoms with Crippen LogP contribution in [0.5, 0.6) is 5.75 Å². The number of amides is 1. The second kappa shape index (κ2) is 11.9. The minimum atomic E-state index is -1.42. The van der Waals surface area contributed by atoms with Crippen LogP contribution in [-0.4, -0.2) is 40.5 Å². The summed E-state index contributed by atoms with van der Waals surface area (Å²) in [5.74, 6) is -0.618. The molecule has 0 heterocycles. The number of aryl methyl sites for hydroxylation is 2.